The van der Waals surface area contributed by atoms with E-state index in [1.165, 1.54) is 0 Å². The molecule has 0 aliphatic carbocycles. The summed E-state index contributed by atoms with van der Waals surface area (Å²) in [7, 11) is -3.38. The van der Waals surface area contributed by atoms with Crippen molar-refractivity contribution in [1.29, 1.82) is 0 Å². The molecule has 1 heterocycles. The van der Waals surface area contributed by atoms with Crippen LogP contribution in [0.15, 0.2) is 29.2 Å². The SMILES string of the molecule is Cc1ccc(S(=O)(=O)[C@H]2CN(C)C[C@@H]2B(O)O)cc1. The lowest BCUT2D eigenvalue weighted by molar-refractivity contribution is 0.372. The van der Waals surface area contributed by atoms with Gasteiger partial charge in [-0.1, -0.05) is 17.7 Å². The van der Waals surface area contributed by atoms with Gasteiger partial charge < -0.3 is 14.9 Å². The van der Waals surface area contributed by atoms with Gasteiger partial charge in [0.05, 0.1) is 10.1 Å². The molecular weight excluding hydrogens is 265 g/mol. The summed E-state index contributed by atoms with van der Waals surface area (Å²) in [6, 6.07) is 6.64. The Morgan fingerprint density at radius 3 is 2.32 bits per heavy atom. The molecule has 19 heavy (non-hydrogen) atoms. The lowest BCUT2D eigenvalue weighted by Crippen LogP contribution is -2.35. The molecule has 0 radical (unpaired) electrons. The smallest absolute Gasteiger partial charge is 0.427 e. The van der Waals surface area contributed by atoms with E-state index in [1.54, 1.807) is 36.2 Å². The van der Waals surface area contributed by atoms with E-state index in [0.29, 0.717) is 13.1 Å². The molecule has 1 aliphatic rings. The van der Waals surface area contributed by atoms with Crippen LogP contribution in [0, 0.1) is 6.92 Å². The van der Waals surface area contributed by atoms with Gasteiger partial charge in [-0.05, 0) is 26.1 Å². The van der Waals surface area contributed by atoms with Gasteiger partial charge in [-0.25, -0.2) is 8.42 Å². The highest BCUT2D eigenvalue weighted by atomic mass is 32.2. The topological polar surface area (TPSA) is 77.8 Å². The number of aryl methyl sites for hydroxylation is 1. The first-order chi connectivity index (χ1) is 8.82. The molecule has 0 bridgehead atoms. The largest absolute Gasteiger partial charge is 0.457 e. The molecule has 2 rings (SSSR count). The second-order valence-corrected chi connectivity index (χ2v) is 7.36. The maximum Gasteiger partial charge on any atom is 0.457 e. The average molecular weight is 283 g/mol. The number of sulfone groups is 1. The van der Waals surface area contributed by atoms with E-state index in [4.69, 9.17) is 0 Å². The third-order valence-electron chi connectivity index (χ3n) is 3.62. The van der Waals surface area contributed by atoms with Gasteiger partial charge in [0.2, 0.25) is 0 Å². The van der Waals surface area contributed by atoms with E-state index in [-0.39, 0.29) is 4.90 Å². The van der Waals surface area contributed by atoms with Gasteiger partial charge >= 0.3 is 7.12 Å². The molecule has 1 aromatic carbocycles. The molecule has 5 nitrogen and oxygen atoms in total. The van der Waals surface area contributed by atoms with Crippen molar-refractivity contribution in [2.24, 2.45) is 0 Å². The summed E-state index contributed by atoms with van der Waals surface area (Å²) in [6.45, 7) is 2.58. The first-order valence-electron chi connectivity index (χ1n) is 6.17. The minimum Gasteiger partial charge on any atom is -0.427 e. The van der Waals surface area contributed by atoms with E-state index in [2.05, 4.69) is 0 Å². The van der Waals surface area contributed by atoms with Gasteiger partial charge in [-0.2, -0.15) is 0 Å². The van der Waals surface area contributed by atoms with Crippen molar-refractivity contribution in [1.82, 2.24) is 4.90 Å². The van der Waals surface area contributed by atoms with Crippen LogP contribution in [0.1, 0.15) is 5.56 Å². The fourth-order valence-corrected chi connectivity index (χ4v) is 4.51. The molecule has 1 saturated heterocycles. The molecule has 0 unspecified atom stereocenters. The Hall–Kier alpha value is -0.885. The molecule has 2 N–H and O–H groups in total. The molecule has 2 atom stereocenters. The highest BCUT2D eigenvalue weighted by Gasteiger charge is 2.46. The lowest BCUT2D eigenvalue weighted by atomic mass is 9.72. The highest BCUT2D eigenvalue weighted by molar-refractivity contribution is 7.92. The number of likely N-dealkylation sites (tertiary alicyclic amines) is 1. The van der Waals surface area contributed by atoms with Crippen LogP contribution >= 0.6 is 0 Å². The van der Waals surface area contributed by atoms with E-state index < -0.39 is 28.0 Å². The Morgan fingerprint density at radius 1 is 1.21 bits per heavy atom. The highest BCUT2D eigenvalue weighted by Crippen LogP contribution is 2.32. The molecule has 0 amide bonds. The van der Waals surface area contributed by atoms with E-state index >= 15 is 0 Å². The van der Waals surface area contributed by atoms with Crippen LogP contribution in [0.2, 0.25) is 5.82 Å². The Kier molecular flexibility index (Phi) is 4.01. The minimum absolute atomic E-state index is 0.240. The first-order valence-corrected chi connectivity index (χ1v) is 7.72. The van der Waals surface area contributed by atoms with Crippen LogP contribution in [0.25, 0.3) is 0 Å². The third-order valence-corrected chi connectivity index (χ3v) is 5.85. The summed E-state index contributed by atoms with van der Waals surface area (Å²) < 4.78 is 25.1. The van der Waals surface area contributed by atoms with Gasteiger partial charge in [0, 0.05) is 18.9 Å². The Morgan fingerprint density at radius 2 is 1.79 bits per heavy atom. The van der Waals surface area contributed by atoms with E-state index in [0.717, 1.165) is 5.56 Å². The van der Waals surface area contributed by atoms with Crippen molar-refractivity contribution < 1.29 is 18.5 Å². The van der Waals surface area contributed by atoms with Crippen molar-refractivity contribution in [3.05, 3.63) is 29.8 Å². The average Bonchev–Trinajstić information content (AvgIpc) is 2.73. The quantitative estimate of drug-likeness (QED) is 0.759. The Labute approximate surface area is 113 Å². The molecule has 0 saturated carbocycles. The van der Waals surface area contributed by atoms with Crippen molar-refractivity contribution in [3.8, 4) is 0 Å². The first kappa shape index (κ1) is 14.5. The van der Waals surface area contributed by atoms with Gasteiger partial charge in [-0.15, -0.1) is 0 Å². The number of benzene rings is 1. The maximum absolute atomic E-state index is 12.6. The lowest BCUT2D eigenvalue weighted by Gasteiger charge is -2.18. The van der Waals surface area contributed by atoms with Gasteiger partial charge in [0.1, 0.15) is 0 Å². The number of hydrogen-bond acceptors (Lipinski definition) is 5. The third kappa shape index (κ3) is 2.84. The number of nitrogens with zero attached hydrogens (tertiary/aromatic N) is 1. The van der Waals surface area contributed by atoms with Crippen LogP contribution < -0.4 is 0 Å². The zero-order valence-corrected chi connectivity index (χ0v) is 11.8. The molecule has 7 heteroatoms. The Balaban J connectivity index is 2.36. The van der Waals surface area contributed by atoms with Crippen LogP contribution in [0.3, 0.4) is 0 Å². The fourth-order valence-electron chi connectivity index (χ4n) is 2.51. The summed E-state index contributed by atoms with van der Waals surface area (Å²) in [4.78, 5) is 2.05. The zero-order valence-electron chi connectivity index (χ0n) is 11.0. The molecule has 1 aliphatic heterocycles. The van der Waals surface area contributed by atoms with Crippen LogP contribution in [-0.2, 0) is 9.84 Å². The van der Waals surface area contributed by atoms with Crippen molar-refractivity contribution in [3.63, 3.8) is 0 Å². The van der Waals surface area contributed by atoms with Crippen LogP contribution in [0.4, 0.5) is 0 Å². The standard InChI is InChI=1S/C12H18BNO4S/c1-9-3-5-10(6-4-9)19(17,18)12-8-14(2)7-11(12)13(15)16/h3-6,11-12,15-16H,7-8H2,1-2H3/t11-,12-/m0/s1. The summed E-state index contributed by atoms with van der Waals surface area (Å²) in [5.74, 6) is -0.670. The summed E-state index contributed by atoms with van der Waals surface area (Å²) >= 11 is 0. The molecule has 1 aromatic rings. The predicted molar refractivity (Wildman–Crippen MR) is 73.6 cm³/mol. The molecule has 0 aromatic heterocycles. The van der Waals surface area contributed by atoms with Crippen molar-refractivity contribution in [2.45, 2.75) is 22.9 Å². The fraction of sp³-hybridized carbons (Fsp3) is 0.500. The normalized spacial score (nSPS) is 24.6. The zero-order chi connectivity index (χ0) is 14.2. The maximum atomic E-state index is 12.6. The second kappa shape index (κ2) is 5.24. The molecular formula is C12H18BNO4S. The molecule has 0 spiro atoms. The summed E-state index contributed by atoms with van der Waals surface area (Å²) in [6.07, 6.45) is 0. The van der Waals surface area contributed by atoms with E-state index in [1.807, 2.05) is 6.92 Å². The van der Waals surface area contributed by atoms with Crippen LogP contribution in [-0.4, -0.2) is 55.9 Å². The molecule has 1 fully saturated rings. The van der Waals surface area contributed by atoms with Gasteiger partial charge in [0.25, 0.3) is 0 Å². The molecule has 104 valence electrons. The predicted octanol–water partition coefficient (Wildman–Crippen LogP) is -0.0743. The second-order valence-electron chi connectivity index (χ2n) is 5.20. The van der Waals surface area contributed by atoms with E-state index in [9.17, 15) is 18.5 Å². The van der Waals surface area contributed by atoms with Gasteiger partial charge in [0.15, 0.2) is 9.84 Å². The number of hydrogen-bond donors (Lipinski definition) is 2. The summed E-state index contributed by atoms with van der Waals surface area (Å²) in [5.41, 5.74) is 0.987. The summed E-state index contributed by atoms with van der Waals surface area (Å²) in [5, 5.41) is 17.9. The van der Waals surface area contributed by atoms with Gasteiger partial charge in [-0.3, -0.25) is 0 Å². The van der Waals surface area contributed by atoms with Crippen LogP contribution in [0.5, 0.6) is 0 Å². The minimum atomic E-state index is -3.54. The Bertz CT molecular complexity index is 543. The number of rotatable bonds is 3. The van der Waals surface area contributed by atoms with Crippen molar-refractivity contribution >= 4 is 17.0 Å². The monoisotopic (exact) mass is 283 g/mol. The van der Waals surface area contributed by atoms with Crippen molar-refractivity contribution in [2.75, 3.05) is 20.1 Å².